The van der Waals surface area contributed by atoms with Crippen LogP contribution in [-0.2, 0) is 5.41 Å². The van der Waals surface area contributed by atoms with E-state index in [9.17, 15) is 4.39 Å². The number of nitriles is 1. The van der Waals surface area contributed by atoms with Gasteiger partial charge in [0.1, 0.15) is 5.82 Å². The normalized spacial score (nSPS) is 11.1. The zero-order valence-electron chi connectivity index (χ0n) is 8.76. The minimum absolute atomic E-state index is 0.211. The van der Waals surface area contributed by atoms with Crippen LogP contribution in [0.15, 0.2) is 18.2 Å². The molecule has 1 aromatic carbocycles. The number of rotatable bonds is 2. The summed E-state index contributed by atoms with van der Waals surface area (Å²) < 4.78 is 13.5. The van der Waals surface area contributed by atoms with Crippen molar-refractivity contribution in [3.8, 4) is 6.07 Å². The van der Waals surface area contributed by atoms with Crippen LogP contribution >= 0.6 is 0 Å². The molecule has 0 aliphatic rings. The summed E-state index contributed by atoms with van der Waals surface area (Å²) in [7, 11) is 0. The minimum Gasteiger partial charge on any atom is -0.207 e. The van der Waals surface area contributed by atoms with Crippen molar-refractivity contribution < 1.29 is 4.39 Å². The summed E-state index contributed by atoms with van der Waals surface area (Å²) in [5.74, 6) is -0.226. The zero-order chi connectivity index (χ0) is 10.8. The molecule has 0 N–H and O–H groups in total. The Balaban J connectivity index is 3.27. The van der Waals surface area contributed by atoms with Gasteiger partial charge in [-0.15, -0.1) is 0 Å². The fourth-order valence-electron chi connectivity index (χ4n) is 1.30. The van der Waals surface area contributed by atoms with Gasteiger partial charge in [-0.2, -0.15) is 5.26 Å². The molecular formula is C12H14FN. The van der Waals surface area contributed by atoms with Gasteiger partial charge in [0.25, 0.3) is 0 Å². The lowest BCUT2D eigenvalue weighted by Crippen LogP contribution is -2.17. The Morgan fingerprint density at radius 2 is 2.07 bits per heavy atom. The van der Waals surface area contributed by atoms with E-state index in [1.807, 2.05) is 26.8 Å². The first kappa shape index (κ1) is 10.7. The van der Waals surface area contributed by atoms with Crippen molar-refractivity contribution in [3.63, 3.8) is 0 Å². The molecule has 14 heavy (non-hydrogen) atoms. The van der Waals surface area contributed by atoms with Gasteiger partial charge in [0.05, 0.1) is 11.6 Å². The lowest BCUT2D eigenvalue weighted by Gasteiger charge is -2.23. The quantitative estimate of drug-likeness (QED) is 0.703. The molecule has 0 aliphatic heterocycles. The Hall–Kier alpha value is -1.36. The van der Waals surface area contributed by atoms with Crippen LogP contribution in [0.2, 0.25) is 0 Å². The van der Waals surface area contributed by atoms with Gasteiger partial charge in [-0.25, -0.2) is 4.39 Å². The molecule has 0 aromatic heterocycles. The molecule has 0 unspecified atom stereocenters. The van der Waals surface area contributed by atoms with E-state index in [4.69, 9.17) is 5.26 Å². The highest BCUT2D eigenvalue weighted by atomic mass is 19.1. The standard InChI is InChI=1S/C12H14FN/c1-4-12(2,3)10-7-9(8-14)5-6-11(10)13/h5-7H,4H2,1-3H3. The lowest BCUT2D eigenvalue weighted by atomic mass is 9.81. The highest BCUT2D eigenvalue weighted by Gasteiger charge is 2.22. The third-order valence-electron chi connectivity index (χ3n) is 2.71. The first-order valence-corrected chi connectivity index (χ1v) is 4.71. The van der Waals surface area contributed by atoms with Crippen molar-refractivity contribution in [2.75, 3.05) is 0 Å². The van der Waals surface area contributed by atoms with Crippen LogP contribution < -0.4 is 0 Å². The number of benzene rings is 1. The monoisotopic (exact) mass is 191 g/mol. The SMILES string of the molecule is CCC(C)(C)c1cc(C#N)ccc1F. The molecular weight excluding hydrogens is 177 g/mol. The predicted octanol–water partition coefficient (Wildman–Crippen LogP) is 3.38. The highest BCUT2D eigenvalue weighted by Crippen LogP contribution is 2.29. The van der Waals surface area contributed by atoms with Crippen LogP contribution in [0.3, 0.4) is 0 Å². The Labute approximate surface area is 84.2 Å². The zero-order valence-corrected chi connectivity index (χ0v) is 8.76. The summed E-state index contributed by atoms with van der Waals surface area (Å²) in [5.41, 5.74) is 0.929. The van der Waals surface area contributed by atoms with Gasteiger partial charge in [-0.1, -0.05) is 20.8 Å². The van der Waals surface area contributed by atoms with E-state index in [-0.39, 0.29) is 11.2 Å². The van der Waals surface area contributed by atoms with Crippen molar-refractivity contribution in [3.05, 3.63) is 35.1 Å². The second-order valence-corrected chi connectivity index (χ2v) is 4.04. The van der Waals surface area contributed by atoms with E-state index < -0.39 is 0 Å². The molecule has 0 heterocycles. The van der Waals surface area contributed by atoms with Crippen molar-refractivity contribution in [1.82, 2.24) is 0 Å². The molecule has 0 atom stereocenters. The van der Waals surface area contributed by atoms with E-state index in [1.54, 1.807) is 6.07 Å². The smallest absolute Gasteiger partial charge is 0.127 e. The molecule has 0 saturated heterocycles. The van der Waals surface area contributed by atoms with E-state index in [0.29, 0.717) is 11.1 Å². The van der Waals surface area contributed by atoms with Crippen molar-refractivity contribution in [2.45, 2.75) is 32.6 Å². The first-order valence-electron chi connectivity index (χ1n) is 4.71. The average Bonchev–Trinajstić information content (AvgIpc) is 2.18. The fraction of sp³-hybridized carbons (Fsp3) is 0.417. The van der Waals surface area contributed by atoms with Gasteiger partial charge in [-0.3, -0.25) is 0 Å². The van der Waals surface area contributed by atoms with Gasteiger partial charge >= 0.3 is 0 Å². The Kier molecular flexibility index (Phi) is 2.90. The van der Waals surface area contributed by atoms with Crippen LogP contribution in [0.4, 0.5) is 4.39 Å². The summed E-state index contributed by atoms with van der Waals surface area (Å²) in [6.45, 7) is 5.97. The molecule has 0 radical (unpaired) electrons. The number of hydrogen-bond acceptors (Lipinski definition) is 1. The maximum atomic E-state index is 13.5. The van der Waals surface area contributed by atoms with Crippen LogP contribution in [0.5, 0.6) is 0 Å². The molecule has 0 saturated carbocycles. The second kappa shape index (κ2) is 3.79. The molecule has 1 rings (SSSR count). The third-order valence-corrected chi connectivity index (χ3v) is 2.71. The summed E-state index contributed by atoms with van der Waals surface area (Å²) in [6, 6.07) is 6.53. The molecule has 0 fully saturated rings. The summed E-state index contributed by atoms with van der Waals surface area (Å²) in [4.78, 5) is 0. The van der Waals surface area contributed by atoms with Gasteiger partial charge in [0, 0.05) is 0 Å². The highest BCUT2D eigenvalue weighted by molar-refractivity contribution is 5.37. The maximum Gasteiger partial charge on any atom is 0.127 e. The molecule has 0 amide bonds. The third kappa shape index (κ3) is 1.93. The molecule has 0 spiro atoms. The van der Waals surface area contributed by atoms with Crippen LogP contribution in [0, 0.1) is 17.1 Å². The fourth-order valence-corrected chi connectivity index (χ4v) is 1.30. The molecule has 0 aliphatic carbocycles. The largest absolute Gasteiger partial charge is 0.207 e. The average molecular weight is 191 g/mol. The molecule has 1 aromatic rings. The van der Waals surface area contributed by atoms with Gasteiger partial charge < -0.3 is 0 Å². The number of halogens is 1. The molecule has 1 nitrogen and oxygen atoms in total. The molecule has 0 bridgehead atoms. The van der Waals surface area contributed by atoms with Crippen LogP contribution in [0.1, 0.15) is 38.3 Å². The Morgan fingerprint density at radius 3 is 2.57 bits per heavy atom. The lowest BCUT2D eigenvalue weighted by molar-refractivity contribution is 0.469. The summed E-state index contributed by atoms with van der Waals surface area (Å²) in [6.07, 6.45) is 0.846. The first-order chi connectivity index (χ1) is 6.51. The molecule has 74 valence electrons. The van der Waals surface area contributed by atoms with Crippen LogP contribution in [-0.4, -0.2) is 0 Å². The van der Waals surface area contributed by atoms with Gasteiger partial charge in [0.15, 0.2) is 0 Å². The summed E-state index contributed by atoms with van der Waals surface area (Å²) in [5, 5.41) is 8.72. The Bertz CT molecular complexity index is 374. The van der Waals surface area contributed by atoms with E-state index in [2.05, 4.69) is 0 Å². The number of hydrogen-bond donors (Lipinski definition) is 0. The predicted molar refractivity (Wildman–Crippen MR) is 54.4 cm³/mol. The molecule has 2 heteroatoms. The summed E-state index contributed by atoms with van der Waals surface area (Å²) >= 11 is 0. The Morgan fingerprint density at radius 1 is 1.43 bits per heavy atom. The maximum absolute atomic E-state index is 13.5. The van der Waals surface area contributed by atoms with Gasteiger partial charge in [-0.05, 0) is 35.6 Å². The second-order valence-electron chi connectivity index (χ2n) is 4.04. The minimum atomic E-state index is -0.226. The van der Waals surface area contributed by atoms with Crippen molar-refractivity contribution in [2.24, 2.45) is 0 Å². The van der Waals surface area contributed by atoms with Crippen molar-refractivity contribution in [1.29, 1.82) is 5.26 Å². The topological polar surface area (TPSA) is 23.8 Å². The van der Waals surface area contributed by atoms with E-state index >= 15 is 0 Å². The van der Waals surface area contributed by atoms with Crippen molar-refractivity contribution >= 4 is 0 Å². The number of nitrogens with zero attached hydrogens (tertiary/aromatic N) is 1. The van der Waals surface area contributed by atoms with E-state index in [1.165, 1.54) is 12.1 Å². The van der Waals surface area contributed by atoms with Gasteiger partial charge in [0.2, 0.25) is 0 Å². The van der Waals surface area contributed by atoms with Crippen LogP contribution in [0.25, 0.3) is 0 Å². The van der Waals surface area contributed by atoms with E-state index in [0.717, 1.165) is 6.42 Å².